The summed E-state index contributed by atoms with van der Waals surface area (Å²) in [6.45, 7) is 3.42. The molecule has 1 aromatic heterocycles. The summed E-state index contributed by atoms with van der Waals surface area (Å²) in [6, 6.07) is 7.94. The third-order valence-electron chi connectivity index (χ3n) is 4.15. The molecular weight excluding hydrogens is 332 g/mol. The number of guanidine groups is 1. The molecule has 0 spiro atoms. The summed E-state index contributed by atoms with van der Waals surface area (Å²) < 4.78 is 15.9. The molecule has 0 aliphatic heterocycles. The van der Waals surface area contributed by atoms with Crippen molar-refractivity contribution in [3.63, 3.8) is 0 Å². The topological polar surface area (TPSA) is 72.1 Å². The van der Waals surface area contributed by atoms with Crippen LogP contribution in [0.25, 0.3) is 0 Å². The molecule has 0 unspecified atom stereocenters. The van der Waals surface area contributed by atoms with Gasteiger partial charge >= 0.3 is 0 Å². The van der Waals surface area contributed by atoms with Gasteiger partial charge in [0.05, 0.1) is 26.5 Å². The van der Waals surface area contributed by atoms with E-state index in [2.05, 4.69) is 27.3 Å². The highest BCUT2D eigenvalue weighted by molar-refractivity contribution is 5.79. The number of hydrogen-bond acceptors (Lipinski definition) is 5. The minimum atomic E-state index is 0.556. The molecule has 2 aromatic rings. The standard InChI is InChI=1S/C19H28N4O3/c1-6-15-12-16(26-22-15)13-21-19(20-2)23(3)10-9-14-7-8-17(24-4)18(11-14)25-5/h7-8,11-12H,6,9-10,13H2,1-5H3,(H,20,21). The highest BCUT2D eigenvalue weighted by atomic mass is 16.5. The number of likely N-dealkylation sites (N-methyl/N-ethyl adjacent to an activating group) is 1. The zero-order valence-corrected chi connectivity index (χ0v) is 16.2. The second-order valence-electron chi connectivity index (χ2n) is 5.90. The van der Waals surface area contributed by atoms with Crippen LogP contribution < -0.4 is 14.8 Å². The Bertz CT molecular complexity index is 727. The molecule has 142 valence electrons. The third-order valence-corrected chi connectivity index (χ3v) is 4.15. The van der Waals surface area contributed by atoms with Gasteiger partial charge in [0.15, 0.2) is 23.2 Å². The van der Waals surface area contributed by atoms with Crippen molar-refractivity contribution in [2.75, 3.05) is 34.9 Å². The van der Waals surface area contributed by atoms with E-state index in [-0.39, 0.29) is 0 Å². The number of nitrogens with zero attached hydrogens (tertiary/aromatic N) is 3. The Kier molecular flexibility index (Phi) is 7.32. The number of aromatic nitrogens is 1. The van der Waals surface area contributed by atoms with E-state index in [0.29, 0.717) is 6.54 Å². The first-order chi connectivity index (χ1) is 12.6. The summed E-state index contributed by atoms with van der Waals surface area (Å²) in [5.41, 5.74) is 2.13. The van der Waals surface area contributed by atoms with Crippen LogP contribution in [0.4, 0.5) is 0 Å². The predicted molar refractivity (Wildman–Crippen MR) is 102 cm³/mol. The van der Waals surface area contributed by atoms with Gasteiger partial charge in [-0.05, 0) is 30.5 Å². The van der Waals surface area contributed by atoms with Gasteiger partial charge in [0.25, 0.3) is 0 Å². The number of rotatable bonds is 8. The van der Waals surface area contributed by atoms with Crippen LogP contribution >= 0.6 is 0 Å². The summed E-state index contributed by atoms with van der Waals surface area (Å²) in [6.07, 6.45) is 1.73. The molecular formula is C19H28N4O3. The van der Waals surface area contributed by atoms with Gasteiger partial charge in [-0.3, -0.25) is 4.99 Å². The summed E-state index contributed by atoms with van der Waals surface area (Å²) >= 11 is 0. The molecule has 0 amide bonds. The van der Waals surface area contributed by atoms with Gasteiger partial charge in [0.2, 0.25) is 0 Å². The van der Waals surface area contributed by atoms with Crippen molar-refractivity contribution >= 4 is 5.96 Å². The molecule has 0 aliphatic carbocycles. The Morgan fingerprint density at radius 3 is 2.62 bits per heavy atom. The predicted octanol–water partition coefficient (Wildman–Crippen LogP) is 2.50. The van der Waals surface area contributed by atoms with Gasteiger partial charge in [-0.15, -0.1) is 0 Å². The summed E-state index contributed by atoms with van der Waals surface area (Å²) in [5.74, 6) is 3.09. The highest BCUT2D eigenvalue weighted by Crippen LogP contribution is 2.27. The quantitative estimate of drug-likeness (QED) is 0.576. The van der Waals surface area contributed by atoms with Gasteiger partial charge in [-0.1, -0.05) is 18.1 Å². The van der Waals surface area contributed by atoms with E-state index in [0.717, 1.165) is 48.3 Å². The Hall–Kier alpha value is -2.70. The Morgan fingerprint density at radius 2 is 2.00 bits per heavy atom. The van der Waals surface area contributed by atoms with E-state index in [1.807, 2.05) is 31.3 Å². The molecule has 0 atom stereocenters. The molecule has 7 nitrogen and oxygen atoms in total. The zero-order valence-electron chi connectivity index (χ0n) is 16.2. The average Bonchev–Trinajstić information content (AvgIpc) is 3.14. The number of ether oxygens (including phenoxy) is 2. The summed E-state index contributed by atoms with van der Waals surface area (Å²) in [7, 11) is 7.06. The first kappa shape index (κ1) is 19.6. The van der Waals surface area contributed by atoms with Crippen LogP contribution in [0.15, 0.2) is 33.8 Å². The molecule has 1 heterocycles. The monoisotopic (exact) mass is 360 g/mol. The molecule has 0 bridgehead atoms. The van der Waals surface area contributed by atoms with Crippen LogP contribution in [0.3, 0.4) is 0 Å². The lowest BCUT2D eigenvalue weighted by molar-refractivity contribution is 0.354. The van der Waals surface area contributed by atoms with Gasteiger partial charge in [0.1, 0.15) is 0 Å². The van der Waals surface area contributed by atoms with Crippen molar-refractivity contribution in [1.29, 1.82) is 0 Å². The minimum absolute atomic E-state index is 0.556. The SMILES string of the molecule is CCc1cc(CNC(=NC)N(C)CCc2ccc(OC)c(OC)c2)on1. The summed E-state index contributed by atoms with van der Waals surface area (Å²) in [4.78, 5) is 6.41. The maximum atomic E-state index is 5.36. The number of aryl methyl sites for hydroxylation is 1. The lowest BCUT2D eigenvalue weighted by atomic mass is 10.1. The van der Waals surface area contributed by atoms with Crippen molar-refractivity contribution in [3.05, 3.63) is 41.3 Å². The van der Waals surface area contributed by atoms with Crippen molar-refractivity contribution in [1.82, 2.24) is 15.4 Å². The second-order valence-corrected chi connectivity index (χ2v) is 5.90. The molecule has 0 saturated heterocycles. The van der Waals surface area contributed by atoms with Crippen LogP contribution in [0.5, 0.6) is 11.5 Å². The fourth-order valence-corrected chi connectivity index (χ4v) is 2.60. The zero-order chi connectivity index (χ0) is 18.9. The summed E-state index contributed by atoms with van der Waals surface area (Å²) in [5, 5.41) is 7.30. The van der Waals surface area contributed by atoms with Gasteiger partial charge in [-0.2, -0.15) is 0 Å². The Morgan fingerprint density at radius 1 is 1.23 bits per heavy atom. The molecule has 0 aliphatic rings. The largest absolute Gasteiger partial charge is 0.493 e. The first-order valence-corrected chi connectivity index (χ1v) is 8.68. The van der Waals surface area contributed by atoms with Crippen molar-refractivity contribution in [2.24, 2.45) is 4.99 Å². The lowest BCUT2D eigenvalue weighted by Gasteiger charge is -2.21. The Balaban J connectivity index is 1.89. The van der Waals surface area contributed by atoms with E-state index in [1.165, 1.54) is 5.56 Å². The normalized spacial score (nSPS) is 11.3. The van der Waals surface area contributed by atoms with Crippen LogP contribution in [-0.2, 0) is 19.4 Å². The van der Waals surface area contributed by atoms with Crippen molar-refractivity contribution < 1.29 is 14.0 Å². The molecule has 2 rings (SSSR count). The second kappa shape index (κ2) is 9.70. The molecule has 0 saturated carbocycles. The Labute approximate surface area is 155 Å². The van der Waals surface area contributed by atoms with Crippen LogP contribution in [-0.4, -0.2) is 50.9 Å². The first-order valence-electron chi connectivity index (χ1n) is 8.68. The van der Waals surface area contributed by atoms with E-state index >= 15 is 0 Å². The number of aliphatic imine (C=N–C) groups is 1. The van der Waals surface area contributed by atoms with Crippen LogP contribution in [0, 0.1) is 0 Å². The van der Waals surface area contributed by atoms with E-state index in [9.17, 15) is 0 Å². The number of hydrogen-bond donors (Lipinski definition) is 1. The van der Waals surface area contributed by atoms with E-state index < -0.39 is 0 Å². The minimum Gasteiger partial charge on any atom is -0.493 e. The molecule has 1 N–H and O–H groups in total. The highest BCUT2D eigenvalue weighted by Gasteiger charge is 2.10. The van der Waals surface area contributed by atoms with Gasteiger partial charge in [-0.25, -0.2) is 0 Å². The number of benzene rings is 1. The molecule has 1 aromatic carbocycles. The van der Waals surface area contributed by atoms with Gasteiger partial charge in [0, 0.05) is 26.7 Å². The number of methoxy groups -OCH3 is 2. The van der Waals surface area contributed by atoms with Crippen LogP contribution in [0.1, 0.15) is 23.9 Å². The van der Waals surface area contributed by atoms with Crippen molar-refractivity contribution in [3.8, 4) is 11.5 Å². The fourth-order valence-electron chi connectivity index (χ4n) is 2.60. The molecule has 26 heavy (non-hydrogen) atoms. The van der Waals surface area contributed by atoms with Crippen LogP contribution in [0.2, 0.25) is 0 Å². The molecule has 7 heteroatoms. The van der Waals surface area contributed by atoms with E-state index in [1.54, 1.807) is 21.3 Å². The average molecular weight is 360 g/mol. The van der Waals surface area contributed by atoms with Gasteiger partial charge < -0.3 is 24.2 Å². The smallest absolute Gasteiger partial charge is 0.193 e. The molecule has 0 fully saturated rings. The maximum Gasteiger partial charge on any atom is 0.193 e. The van der Waals surface area contributed by atoms with Crippen molar-refractivity contribution in [2.45, 2.75) is 26.3 Å². The third kappa shape index (κ3) is 5.15. The van der Waals surface area contributed by atoms with E-state index in [4.69, 9.17) is 14.0 Å². The lowest BCUT2D eigenvalue weighted by Crippen LogP contribution is -2.39. The maximum absolute atomic E-state index is 5.36. The number of nitrogens with one attached hydrogen (secondary N) is 1. The molecule has 0 radical (unpaired) electrons. The fraction of sp³-hybridized carbons (Fsp3) is 0.474.